The number of amides is 1. The molecule has 0 aromatic rings. The molecule has 0 atom stereocenters. The third kappa shape index (κ3) is 3.18. The van der Waals surface area contributed by atoms with Crippen LogP contribution >= 0.6 is 0 Å². The van der Waals surface area contributed by atoms with Crippen molar-refractivity contribution >= 4 is 5.91 Å². The molecular formula is C12H23N3O2. The van der Waals surface area contributed by atoms with Gasteiger partial charge in [0, 0.05) is 13.1 Å². The topological polar surface area (TPSA) is 55.8 Å². The van der Waals surface area contributed by atoms with Crippen LogP contribution < -0.4 is 5.32 Å². The first-order valence-electron chi connectivity index (χ1n) is 6.56. The van der Waals surface area contributed by atoms with Crippen LogP contribution in [-0.4, -0.2) is 72.2 Å². The molecule has 0 aromatic carbocycles. The number of hydrogen-bond acceptors (Lipinski definition) is 4. The highest BCUT2D eigenvalue weighted by Gasteiger charge is 2.41. The summed E-state index contributed by atoms with van der Waals surface area (Å²) >= 11 is 0. The maximum atomic E-state index is 12.0. The van der Waals surface area contributed by atoms with Gasteiger partial charge >= 0.3 is 0 Å². The van der Waals surface area contributed by atoms with Crippen molar-refractivity contribution in [1.82, 2.24) is 15.1 Å². The van der Waals surface area contributed by atoms with Crippen molar-refractivity contribution in [3.8, 4) is 0 Å². The zero-order valence-electron chi connectivity index (χ0n) is 10.6. The SMILES string of the molecule is CCC1(O)CN(C(=O)CN2CCCNCC2)C1. The summed E-state index contributed by atoms with van der Waals surface area (Å²) in [5, 5.41) is 13.2. The van der Waals surface area contributed by atoms with Crippen LogP contribution in [0.25, 0.3) is 0 Å². The Bertz CT molecular complexity index is 269. The summed E-state index contributed by atoms with van der Waals surface area (Å²) in [6.07, 6.45) is 1.83. The van der Waals surface area contributed by atoms with E-state index in [0.717, 1.165) is 39.0 Å². The van der Waals surface area contributed by atoms with E-state index in [0.29, 0.717) is 19.6 Å². The predicted molar refractivity (Wildman–Crippen MR) is 65.7 cm³/mol. The number of nitrogens with zero attached hydrogens (tertiary/aromatic N) is 2. The summed E-state index contributed by atoms with van der Waals surface area (Å²) < 4.78 is 0. The van der Waals surface area contributed by atoms with Crippen LogP contribution in [0.5, 0.6) is 0 Å². The van der Waals surface area contributed by atoms with Gasteiger partial charge in [0.2, 0.25) is 5.91 Å². The largest absolute Gasteiger partial charge is 0.386 e. The lowest BCUT2D eigenvalue weighted by atomic mass is 9.91. The number of aliphatic hydroxyl groups is 1. The Balaban J connectivity index is 1.74. The van der Waals surface area contributed by atoms with Crippen molar-refractivity contribution in [2.45, 2.75) is 25.4 Å². The first kappa shape index (κ1) is 12.8. The van der Waals surface area contributed by atoms with Gasteiger partial charge < -0.3 is 15.3 Å². The maximum Gasteiger partial charge on any atom is 0.236 e. The Hall–Kier alpha value is -0.650. The van der Waals surface area contributed by atoms with Gasteiger partial charge in [-0.15, -0.1) is 0 Å². The fourth-order valence-corrected chi connectivity index (χ4v) is 2.42. The third-order valence-corrected chi connectivity index (χ3v) is 3.77. The number of likely N-dealkylation sites (tertiary alicyclic amines) is 1. The molecule has 98 valence electrons. The second-order valence-corrected chi connectivity index (χ2v) is 5.21. The number of β-amino-alcohol motifs (C(OH)–C–C–N with tert-alkyl or cyclic N) is 1. The Labute approximate surface area is 103 Å². The van der Waals surface area contributed by atoms with Gasteiger partial charge in [0.15, 0.2) is 0 Å². The average molecular weight is 241 g/mol. The summed E-state index contributed by atoms with van der Waals surface area (Å²) in [4.78, 5) is 15.9. The molecule has 2 rings (SSSR count). The quantitative estimate of drug-likeness (QED) is 0.684. The lowest BCUT2D eigenvalue weighted by molar-refractivity contribution is -0.156. The van der Waals surface area contributed by atoms with Crippen molar-refractivity contribution in [2.75, 3.05) is 45.8 Å². The van der Waals surface area contributed by atoms with Crippen molar-refractivity contribution in [1.29, 1.82) is 0 Å². The number of hydrogen-bond donors (Lipinski definition) is 2. The van der Waals surface area contributed by atoms with Gasteiger partial charge in [-0.1, -0.05) is 6.92 Å². The van der Waals surface area contributed by atoms with Crippen molar-refractivity contribution < 1.29 is 9.90 Å². The number of rotatable bonds is 3. The molecule has 0 radical (unpaired) electrons. The van der Waals surface area contributed by atoms with Crippen molar-refractivity contribution in [3.63, 3.8) is 0 Å². The van der Waals surface area contributed by atoms with Crippen LogP contribution in [0.1, 0.15) is 19.8 Å². The average Bonchev–Trinajstić information content (AvgIpc) is 2.53. The van der Waals surface area contributed by atoms with E-state index in [2.05, 4.69) is 10.2 Å². The number of carbonyl (C=O) groups is 1. The maximum absolute atomic E-state index is 12.0. The molecule has 17 heavy (non-hydrogen) atoms. The van der Waals surface area contributed by atoms with E-state index >= 15 is 0 Å². The van der Waals surface area contributed by atoms with Gasteiger partial charge in [-0.25, -0.2) is 0 Å². The highest BCUT2D eigenvalue weighted by molar-refractivity contribution is 5.79. The van der Waals surface area contributed by atoms with Gasteiger partial charge in [-0.05, 0) is 25.9 Å². The van der Waals surface area contributed by atoms with E-state index in [9.17, 15) is 9.90 Å². The summed E-state index contributed by atoms with van der Waals surface area (Å²) in [7, 11) is 0. The molecule has 0 saturated carbocycles. The molecule has 0 bridgehead atoms. The highest BCUT2D eigenvalue weighted by atomic mass is 16.3. The first-order valence-corrected chi connectivity index (χ1v) is 6.56. The van der Waals surface area contributed by atoms with Gasteiger partial charge in [0.05, 0.1) is 25.2 Å². The molecule has 0 spiro atoms. The molecule has 5 nitrogen and oxygen atoms in total. The Morgan fingerprint density at radius 2 is 2.12 bits per heavy atom. The molecular weight excluding hydrogens is 218 g/mol. The molecule has 2 saturated heterocycles. The fraction of sp³-hybridized carbons (Fsp3) is 0.917. The molecule has 5 heteroatoms. The van der Waals surface area contributed by atoms with Crippen LogP contribution in [0.4, 0.5) is 0 Å². The molecule has 2 heterocycles. The predicted octanol–water partition coefficient (Wildman–Crippen LogP) is -0.735. The van der Waals surface area contributed by atoms with Crippen LogP contribution in [0.2, 0.25) is 0 Å². The van der Waals surface area contributed by atoms with E-state index in [1.54, 1.807) is 4.90 Å². The molecule has 0 unspecified atom stereocenters. The Morgan fingerprint density at radius 1 is 1.35 bits per heavy atom. The minimum Gasteiger partial charge on any atom is -0.386 e. The summed E-state index contributed by atoms with van der Waals surface area (Å²) in [6, 6.07) is 0. The van der Waals surface area contributed by atoms with Crippen LogP contribution in [0, 0.1) is 0 Å². The molecule has 2 aliphatic heterocycles. The second-order valence-electron chi connectivity index (χ2n) is 5.21. The third-order valence-electron chi connectivity index (χ3n) is 3.77. The zero-order valence-corrected chi connectivity index (χ0v) is 10.6. The minimum absolute atomic E-state index is 0.157. The summed E-state index contributed by atoms with van der Waals surface area (Å²) in [6.45, 7) is 7.42. The normalized spacial score (nSPS) is 25.2. The molecule has 2 N–H and O–H groups in total. The molecule has 2 fully saturated rings. The Kier molecular flexibility index (Phi) is 4.01. The Morgan fingerprint density at radius 3 is 2.82 bits per heavy atom. The monoisotopic (exact) mass is 241 g/mol. The van der Waals surface area contributed by atoms with Gasteiger partial charge in [0.1, 0.15) is 0 Å². The van der Waals surface area contributed by atoms with Crippen molar-refractivity contribution in [3.05, 3.63) is 0 Å². The zero-order chi connectivity index (χ0) is 12.3. The van der Waals surface area contributed by atoms with Crippen molar-refractivity contribution in [2.24, 2.45) is 0 Å². The van der Waals surface area contributed by atoms with Gasteiger partial charge in [0.25, 0.3) is 0 Å². The van der Waals surface area contributed by atoms with E-state index in [-0.39, 0.29) is 5.91 Å². The standard InChI is InChI=1S/C12H23N3O2/c1-2-12(17)9-15(10-12)11(16)8-14-6-3-4-13-5-7-14/h13,17H,2-10H2,1H3. The summed E-state index contributed by atoms with van der Waals surface area (Å²) in [5.74, 6) is 0.157. The molecule has 2 aliphatic rings. The lowest BCUT2D eigenvalue weighted by Gasteiger charge is -2.46. The molecule has 0 aliphatic carbocycles. The van der Waals surface area contributed by atoms with Gasteiger partial charge in [-0.2, -0.15) is 0 Å². The van der Waals surface area contributed by atoms with E-state index in [1.807, 2.05) is 6.92 Å². The van der Waals surface area contributed by atoms with E-state index < -0.39 is 5.60 Å². The lowest BCUT2D eigenvalue weighted by Crippen LogP contribution is -2.64. The van der Waals surface area contributed by atoms with E-state index in [4.69, 9.17) is 0 Å². The highest BCUT2D eigenvalue weighted by Crippen LogP contribution is 2.23. The van der Waals surface area contributed by atoms with Crippen LogP contribution in [0.3, 0.4) is 0 Å². The smallest absolute Gasteiger partial charge is 0.236 e. The summed E-state index contributed by atoms with van der Waals surface area (Å²) in [5.41, 5.74) is -0.615. The molecule has 1 amide bonds. The molecule has 0 aromatic heterocycles. The number of carbonyl (C=O) groups excluding carboxylic acids is 1. The fourth-order valence-electron chi connectivity index (χ4n) is 2.42. The van der Waals surface area contributed by atoms with Gasteiger partial charge in [-0.3, -0.25) is 9.69 Å². The second kappa shape index (κ2) is 5.33. The van der Waals surface area contributed by atoms with E-state index in [1.165, 1.54) is 0 Å². The number of nitrogens with one attached hydrogen (secondary N) is 1. The van der Waals surface area contributed by atoms with Crippen LogP contribution in [0.15, 0.2) is 0 Å². The first-order chi connectivity index (χ1) is 8.13. The minimum atomic E-state index is -0.615. The van der Waals surface area contributed by atoms with Crippen LogP contribution in [-0.2, 0) is 4.79 Å².